The van der Waals surface area contributed by atoms with Crippen LogP contribution in [-0.2, 0) is 0 Å². The molecule has 0 spiro atoms. The Hall–Kier alpha value is -0.790. The van der Waals surface area contributed by atoms with Gasteiger partial charge in [-0.05, 0) is 35.7 Å². The zero-order valence-corrected chi connectivity index (χ0v) is 11.5. The predicted molar refractivity (Wildman–Crippen MR) is 68.9 cm³/mol. The summed E-state index contributed by atoms with van der Waals surface area (Å²) < 4.78 is 0. The Labute approximate surface area is 99.4 Å². The Kier molecular flexibility index (Phi) is 3.82. The van der Waals surface area contributed by atoms with Gasteiger partial charge < -0.3 is 5.21 Å². The normalized spacial score (nSPS) is 23.6. The minimum atomic E-state index is 0.222. The molecule has 0 atom stereocenters. The van der Waals surface area contributed by atoms with Crippen molar-refractivity contribution in [1.29, 1.82) is 0 Å². The smallest absolute Gasteiger partial charge is 0.0835 e. The van der Waals surface area contributed by atoms with E-state index < -0.39 is 0 Å². The van der Waals surface area contributed by atoms with Gasteiger partial charge in [-0.2, -0.15) is 0 Å². The van der Waals surface area contributed by atoms with Crippen molar-refractivity contribution < 1.29 is 5.21 Å². The van der Waals surface area contributed by atoms with Gasteiger partial charge >= 0.3 is 0 Å². The zero-order chi connectivity index (χ0) is 12.5. The van der Waals surface area contributed by atoms with Crippen molar-refractivity contribution in [2.75, 3.05) is 0 Å². The molecule has 0 saturated heterocycles. The first-order valence-corrected chi connectivity index (χ1v) is 6.22. The average molecular weight is 223 g/mol. The predicted octanol–water partition coefficient (Wildman–Crippen LogP) is 4.25. The third-order valence-corrected chi connectivity index (χ3v) is 3.37. The molecule has 92 valence electrons. The summed E-state index contributed by atoms with van der Waals surface area (Å²) >= 11 is 0. The summed E-state index contributed by atoms with van der Waals surface area (Å²) in [6, 6.07) is 0. The second-order valence-electron chi connectivity index (χ2n) is 6.31. The van der Waals surface area contributed by atoms with Crippen LogP contribution in [0.15, 0.2) is 16.3 Å². The maximum atomic E-state index is 9.20. The molecule has 16 heavy (non-hydrogen) atoms. The Morgan fingerprint density at radius 2 is 1.62 bits per heavy atom. The standard InChI is InChI=1S/C14H25NO/c1-9(2)11-7-14(5,6)8-12(15-16)13(11)10(3)4/h9-10,16H,7-8H2,1-6H3/b15-12+. The Bertz CT molecular complexity index is 322. The molecule has 0 aliphatic heterocycles. The molecule has 1 aliphatic rings. The number of oxime groups is 1. The molecule has 0 saturated carbocycles. The van der Waals surface area contributed by atoms with Crippen molar-refractivity contribution in [2.24, 2.45) is 22.4 Å². The van der Waals surface area contributed by atoms with E-state index in [-0.39, 0.29) is 5.41 Å². The van der Waals surface area contributed by atoms with Gasteiger partial charge in [-0.3, -0.25) is 0 Å². The Balaban J connectivity index is 3.28. The molecule has 2 nitrogen and oxygen atoms in total. The molecule has 0 unspecified atom stereocenters. The highest BCUT2D eigenvalue weighted by molar-refractivity contribution is 6.02. The minimum Gasteiger partial charge on any atom is -0.411 e. The molecule has 1 aliphatic carbocycles. The van der Waals surface area contributed by atoms with Crippen LogP contribution < -0.4 is 0 Å². The van der Waals surface area contributed by atoms with Crippen LogP contribution >= 0.6 is 0 Å². The second-order valence-corrected chi connectivity index (χ2v) is 6.31. The minimum absolute atomic E-state index is 0.222. The van der Waals surface area contributed by atoms with E-state index in [9.17, 15) is 5.21 Å². The van der Waals surface area contributed by atoms with Crippen molar-refractivity contribution in [3.63, 3.8) is 0 Å². The van der Waals surface area contributed by atoms with Crippen molar-refractivity contribution in [1.82, 2.24) is 0 Å². The fraction of sp³-hybridized carbons (Fsp3) is 0.786. The lowest BCUT2D eigenvalue weighted by atomic mass is 9.68. The van der Waals surface area contributed by atoms with Gasteiger partial charge in [0.1, 0.15) is 0 Å². The van der Waals surface area contributed by atoms with Crippen LogP contribution in [0.5, 0.6) is 0 Å². The van der Waals surface area contributed by atoms with Crippen LogP contribution in [0.4, 0.5) is 0 Å². The van der Waals surface area contributed by atoms with Crippen LogP contribution in [-0.4, -0.2) is 10.9 Å². The number of nitrogens with zero attached hydrogens (tertiary/aromatic N) is 1. The molecule has 0 amide bonds. The monoisotopic (exact) mass is 223 g/mol. The molecule has 0 radical (unpaired) electrons. The van der Waals surface area contributed by atoms with E-state index >= 15 is 0 Å². The van der Waals surface area contributed by atoms with Crippen LogP contribution in [0, 0.1) is 17.3 Å². The first-order chi connectivity index (χ1) is 7.28. The highest BCUT2D eigenvalue weighted by Crippen LogP contribution is 2.42. The molecular weight excluding hydrogens is 198 g/mol. The summed E-state index contributed by atoms with van der Waals surface area (Å²) in [5.41, 5.74) is 3.88. The van der Waals surface area contributed by atoms with Gasteiger partial charge in [-0.1, -0.05) is 52.3 Å². The number of hydrogen-bond donors (Lipinski definition) is 1. The first kappa shape index (κ1) is 13.3. The van der Waals surface area contributed by atoms with E-state index in [1.165, 1.54) is 11.1 Å². The van der Waals surface area contributed by atoms with Crippen molar-refractivity contribution in [2.45, 2.75) is 54.4 Å². The Morgan fingerprint density at radius 3 is 2.00 bits per heavy atom. The van der Waals surface area contributed by atoms with Crippen LogP contribution in [0.25, 0.3) is 0 Å². The van der Waals surface area contributed by atoms with Gasteiger partial charge in [-0.25, -0.2) is 0 Å². The molecule has 0 aromatic carbocycles. The lowest BCUT2D eigenvalue weighted by Gasteiger charge is -2.36. The van der Waals surface area contributed by atoms with Crippen molar-refractivity contribution in [3.05, 3.63) is 11.1 Å². The molecule has 0 bridgehead atoms. The molecule has 0 fully saturated rings. The summed E-state index contributed by atoms with van der Waals surface area (Å²) in [6.45, 7) is 13.3. The lowest BCUT2D eigenvalue weighted by molar-refractivity contribution is 0.301. The lowest BCUT2D eigenvalue weighted by Crippen LogP contribution is -2.29. The fourth-order valence-corrected chi connectivity index (χ4v) is 2.72. The van der Waals surface area contributed by atoms with Crippen molar-refractivity contribution >= 4 is 5.71 Å². The average Bonchev–Trinajstić information content (AvgIpc) is 2.14. The summed E-state index contributed by atoms with van der Waals surface area (Å²) in [6.07, 6.45) is 2.00. The first-order valence-electron chi connectivity index (χ1n) is 6.22. The van der Waals surface area contributed by atoms with E-state index in [2.05, 4.69) is 46.7 Å². The molecule has 1 rings (SSSR count). The van der Waals surface area contributed by atoms with Gasteiger partial charge in [-0.15, -0.1) is 0 Å². The molecule has 0 aromatic rings. The molecule has 0 aromatic heterocycles. The molecule has 2 heteroatoms. The maximum absolute atomic E-state index is 9.20. The number of hydrogen-bond acceptors (Lipinski definition) is 2. The van der Waals surface area contributed by atoms with Crippen LogP contribution in [0.2, 0.25) is 0 Å². The van der Waals surface area contributed by atoms with Gasteiger partial charge in [0.05, 0.1) is 5.71 Å². The third kappa shape index (κ3) is 2.66. The Morgan fingerprint density at radius 1 is 1.06 bits per heavy atom. The largest absolute Gasteiger partial charge is 0.411 e. The fourth-order valence-electron chi connectivity index (χ4n) is 2.72. The van der Waals surface area contributed by atoms with Crippen LogP contribution in [0.3, 0.4) is 0 Å². The zero-order valence-electron chi connectivity index (χ0n) is 11.5. The maximum Gasteiger partial charge on any atom is 0.0835 e. The van der Waals surface area contributed by atoms with E-state index in [0.717, 1.165) is 18.6 Å². The highest BCUT2D eigenvalue weighted by Gasteiger charge is 2.33. The SMILES string of the molecule is CC(C)C1=C(C(C)C)/C(=N/O)CC(C)(C)C1. The van der Waals surface area contributed by atoms with Gasteiger partial charge in [0.15, 0.2) is 0 Å². The number of allylic oxidation sites excluding steroid dienone is 2. The molecular formula is C14H25NO. The molecule has 1 N–H and O–H groups in total. The summed E-state index contributed by atoms with van der Waals surface area (Å²) in [7, 11) is 0. The highest BCUT2D eigenvalue weighted by atomic mass is 16.4. The van der Waals surface area contributed by atoms with Crippen LogP contribution in [0.1, 0.15) is 54.4 Å². The van der Waals surface area contributed by atoms with E-state index in [1.54, 1.807) is 0 Å². The van der Waals surface area contributed by atoms with Crippen molar-refractivity contribution in [3.8, 4) is 0 Å². The van der Waals surface area contributed by atoms with Gasteiger partial charge in [0.2, 0.25) is 0 Å². The number of rotatable bonds is 2. The topological polar surface area (TPSA) is 32.6 Å². The molecule has 0 heterocycles. The van der Waals surface area contributed by atoms with E-state index in [1.807, 2.05) is 0 Å². The van der Waals surface area contributed by atoms with E-state index in [4.69, 9.17) is 0 Å². The summed E-state index contributed by atoms with van der Waals surface area (Å²) in [5, 5.41) is 12.7. The summed E-state index contributed by atoms with van der Waals surface area (Å²) in [5.74, 6) is 0.980. The summed E-state index contributed by atoms with van der Waals surface area (Å²) in [4.78, 5) is 0. The second kappa shape index (κ2) is 4.60. The van der Waals surface area contributed by atoms with Gasteiger partial charge in [0, 0.05) is 0 Å². The quantitative estimate of drug-likeness (QED) is 0.551. The third-order valence-electron chi connectivity index (χ3n) is 3.37. The van der Waals surface area contributed by atoms with Gasteiger partial charge in [0.25, 0.3) is 0 Å². The van der Waals surface area contributed by atoms with E-state index in [0.29, 0.717) is 11.8 Å².